The molecule has 1 N–H and O–H groups in total. The van der Waals surface area contributed by atoms with E-state index in [9.17, 15) is 18.8 Å². The predicted molar refractivity (Wildman–Crippen MR) is 117 cm³/mol. The zero-order valence-corrected chi connectivity index (χ0v) is 18.0. The van der Waals surface area contributed by atoms with Gasteiger partial charge in [-0.05, 0) is 31.0 Å². The smallest absolute Gasteiger partial charge is 0.277 e. The number of aryl methyl sites for hydroxylation is 1. The van der Waals surface area contributed by atoms with Crippen LogP contribution >= 0.6 is 11.6 Å². The Labute approximate surface area is 184 Å². The highest BCUT2D eigenvalue weighted by Crippen LogP contribution is 2.37. The van der Waals surface area contributed by atoms with E-state index in [1.165, 1.54) is 16.8 Å². The largest absolute Gasteiger partial charge is 0.367 e. The van der Waals surface area contributed by atoms with E-state index in [0.717, 1.165) is 5.69 Å². The van der Waals surface area contributed by atoms with Gasteiger partial charge in [0.25, 0.3) is 5.56 Å². The maximum atomic E-state index is 14.4. The highest BCUT2D eigenvalue weighted by Gasteiger charge is 2.31. The lowest BCUT2D eigenvalue weighted by atomic mass is 9.90. The molecule has 0 saturated carbocycles. The van der Waals surface area contributed by atoms with Crippen molar-refractivity contribution in [2.75, 3.05) is 36.0 Å². The summed E-state index contributed by atoms with van der Waals surface area (Å²) in [5.41, 5.74) is 1.27. The van der Waals surface area contributed by atoms with Crippen molar-refractivity contribution in [2.24, 2.45) is 0 Å². The first-order chi connectivity index (χ1) is 14.9. The molecule has 1 aromatic carbocycles. The number of aromatic nitrogens is 1. The zero-order chi connectivity index (χ0) is 22.1. The number of hydrogen-bond donors (Lipinski definition) is 1. The predicted octanol–water partition coefficient (Wildman–Crippen LogP) is 2.51. The first-order valence-corrected chi connectivity index (χ1v) is 10.8. The normalized spacial score (nSPS) is 19.5. The molecule has 2 aliphatic rings. The molecule has 2 aliphatic heterocycles. The Morgan fingerprint density at radius 3 is 2.48 bits per heavy atom. The first kappa shape index (κ1) is 21.4. The number of carbonyl (C=O) groups is 2. The van der Waals surface area contributed by atoms with Crippen LogP contribution < -0.4 is 20.7 Å². The van der Waals surface area contributed by atoms with Crippen molar-refractivity contribution < 1.29 is 14.0 Å². The van der Waals surface area contributed by atoms with Gasteiger partial charge in [-0.3, -0.25) is 19.7 Å². The Morgan fingerprint density at radius 2 is 1.81 bits per heavy atom. The number of nitrogens with zero attached hydrogens (tertiary/aromatic N) is 3. The van der Waals surface area contributed by atoms with E-state index in [1.54, 1.807) is 4.90 Å². The lowest BCUT2D eigenvalue weighted by Crippen LogP contribution is -2.49. The topological polar surface area (TPSA) is 74.7 Å². The summed E-state index contributed by atoms with van der Waals surface area (Å²) in [7, 11) is 0. The molecule has 164 valence electrons. The lowest BCUT2D eigenvalue weighted by Gasteiger charge is -2.38. The van der Waals surface area contributed by atoms with Crippen LogP contribution in [-0.4, -0.2) is 42.6 Å². The van der Waals surface area contributed by atoms with Gasteiger partial charge in [-0.15, -0.1) is 0 Å². The van der Waals surface area contributed by atoms with Gasteiger partial charge in [0.05, 0.1) is 16.6 Å². The van der Waals surface area contributed by atoms with E-state index in [0.29, 0.717) is 49.7 Å². The highest BCUT2D eigenvalue weighted by atomic mass is 35.5. The number of anilines is 2. The fraction of sp³-hybridized carbons (Fsp3) is 0.409. The van der Waals surface area contributed by atoms with E-state index in [1.807, 2.05) is 25.1 Å². The molecule has 7 nitrogen and oxygen atoms in total. The number of pyridine rings is 1. The van der Waals surface area contributed by atoms with E-state index < -0.39 is 11.7 Å². The number of hydrogen-bond acceptors (Lipinski definition) is 5. The fourth-order valence-electron chi connectivity index (χ4n) is 4.29. The maximum Gasteiger partial charge on any atom is 0.277 e. The number of amides is 2. The average molecular weight is 447 g/mol. The lowest BCUT2D eigenvalue weighted by molar-refractivity contribution is -0.134. The number of carbonyl (C=O) groups excluding carboxylic acids is 2. The van der Waals surface area contributed by atoms with Gasteiger partial charge in [-0.2, -0.15) is 0 Å². The molecule has 2 fully saturated rings. The van der Waals surface area contributed by atoms with Crippen molar-refractivity contribution in [1.29, 1.82) is 0 Å². The molecule has 2 aromatic rings. The number of piperidine rings is 1. The van der Waals surface area contributed by atoms with Gasteiger partial charge in [-0.25, -0.2) is 4.39 Å². The quantitative estimate of drug-likeness (QED) is 0.730. The Morgan fingerprint density at radius 1 is 1.10 bits per heavy atom. The number of nitrogens with one attached hydrogen (secondary N) is 1. The van der Waals surface area contributed by atoms with E-state index >= 15 is 0 Å². The minimum Gasteiger partial charge on any atom is -0.367 e. The molecule has 1 unspecified atom stereocenters. The third kappa shape index (κ3) is 4.04. The van der Waals surface area contributed by atoms with Gasteiger partial charge in [0.2, 0.25) is 11.8 Å². The van der Waals surface area contributed by atoms with Crippen molar-refractivity contribution in [3.05, 3.63) is 57.2 Å². The Hall–Kier alpha value is -2.87. The number of piperazine rings is 1. The molecule has 3 heterocycles. The monoisotopic (exact) mass is 446 g/mol. The van der Waals surface area contributed by atoms with Gasteiger partial charge >= 0.3 is 0 Å². The third-order valence-electron chi connectivity index (χ3n) is 5.99. The van der Waals surface area contributed by atoms with Crippen LogP contribution in [0, 0.1) is 5.82 Å². The van der Waals surface area contributed by atoms with Crippen molar-refractivity contribution in [3.8, 4) is 0 Å². The van der Waals surface area contributed by atoms with E-state index in [4.69, 9.17) is 11.6 Å². The number of imide groups is 1. The Kier molecular flexibility index (Phi) is 6.00. The summed E-state index contributed by atoms with van der Waals surface area (Å²) in [6.07, 6.45) is 2.18. The summed E-state index contributed by atoms with van der Waals surface area (Å²) < 4.78 is 15.9. The van der Waals surface area contributed by atoms with Crippen LogP contribution in [0.15, 0.2) is 35.3 Å². The van der Waals surface area contributed by atoms with Crippen molar-refractivity contribution in [3.63, 3.8) is 0 Å². The Balaban J connectivity index is 1.53. The van der Waals surface area contributed by atoms with E-state index in [-0.39, 0.29) is 29.5 Å². The molecular formula is C22H24ClFN4O3. The zero-order valence-electron chi connectivity index (χ0n) is 17.2. The summed E-state index contributed by atoms with van der Waals surface area (Å²) in [5, 5.41) is 2.86. The maximum absolute atomic E-state index is 14.4. The summed E-state index contributed by atoms with van der Waals surface area (Å²) in [6, 6.07) is 6.88. The van der Waals surface area contributed by atoms with Crippen LogP contribution in [-0.2, 0) is 16.1 Å². The van der Waals surface area contributed by atoms with Crippen LogP contribution in [0.1, 0.15) is 31.2 Å². The summed E-state index contributed by atoms with van der Waals surface area (Å²) in [6.45, 7) is 4.38. The number of halogens is 2. The third-order valence-corrected chi connectivity index (χ3v) is 6.40. The van der Waals surface area contributed by atoms with Gasteiger partial charge in [-0.1, -0.05) is 23.7 Å². The molecule has 2 saturated heterocycles. The van der Waals surface area contributed by atoms with E-state index in [2.05, 4.69) is 10.2 Å². The molecule has 2 amide bonds. The van der Waals surface area contributed by atoms with Crippen LogP contribution in [0.3, 0.4) is 0 Å². The Bertz CT molecular complexity index is 1080. The molecule has 0 bridgehead atoms. The van der Waals surface area contributed by atoms with Crippen molar-refractivity contribution in [2.45, 2.75) is 32.2 Å². The average Bonchev–Trinajstić information content (AvgIpc) is 2.75. The SMILES string of the molecule is CCn1ccc(F)c(N2CCN(c3cccc(C4CCC(=O)NC4=O)c3Cl)CC2)c1=O. The molecule has 0 aliphatic carbocycles. The molecule has 4 rings (SSSR count). The molecule has 0 spiro atoms. The molecule has 9 heteroatoms. The van der Waals surface area contributed by atoms with Crippen LogP contribution in [0.2, 0.25) is 5.02 Å². The summed E-state index contributed by atoms with van der Waals surface area (Å²) >= 11 is 6.69. The van der Waals surface area contributed by atoms with Crippen LogP contribution in [0.5, 0.6) is 0 Å². The van der Waals surface area contributed by atoms with Crippen molar-refractivity contribution >= 4 is 34.8 Å². The second-order valence-corrected chi connectivity index (χ2v) is 8.14. The summed E-state index contributed by atoms with van der Waals surface area (Å²) in [4.78, 5) is 40.2. The van der Waals surface area contributed by atoms with Crippen molar-refractivity contribution in [1.82, 2.24) is 9.88 Å². The first-order valence-electron chi connectivity index (χ1n) is 10.4. The number of rotatable bonds is 4. The van der Waals surface area contributed by atoms with Gasteiger partial charge < -0.3 is 14.4 Å². The summed E-state index contributed by atoms with van der Waals surface area (Å²) in [5.74, 6) is -1.56. The molecule has 1 aromatic heterocycles. The second-order valence-electron chi connectivity index (χ2n) is 7.76. The highest BCUT2D eigenvalue weighted by molar-refractivity contribution is 6.34. The molecule has 1 atom stereocenters. The minimum absolute atomic E-state index is 0.104. The minimum atomic E-state index is -0.513. The fourth-order valence-corrected chi connectivity index (χ4v) is 4.66. The van der Waals surface area contributed by atoms with Gasteiger partial charge in [0.1, 0.15) is 5.69 Å². The van der Waals surface area contributed by atoms with Crippen LogP contribution in [0.4, 0.5) is 15.8 Å². The number of benzene rings is 1. The second kappa shape index (κ2) is 8.70. The van der Waals surface area contributed by atoms with Crippen LogP contribution in [0.25, 0.3) is 0 Å². The van der Waals surface area contributed by atoms with Gasteiger partial charge in [0, 0.05) is 45.3 Å². The standard InChI is InChI=1S/C22H24ClFN4O3/c1-2-26-9-8-16(24)20(22(26)31)28-12-10-27(11-13-28)17-5-3-4-14(19(17)23)15-6-7-18(29)25-21(15)30/h3-5,8-9,15H,2,6-7,10-13H2,1H3,(H,25,29,30). The molecule has 31 heavy (non-hydrogen) atoms. The van der Waals surface area contributed by atoms with Gasteiger partial charge in [0.15, 0.2) is 5.82 Å². The molecule has 0 radical (unpaired) electrons. The molecular weight excluding hydrogens is 423 g/mol.